The lowest BCUT2D eigenvalue weighted by molar-refractivity contribution is 0.0513. The number of nitrogens with zero attached hydrogens (tertiary/aromatic N) is 1. The molecule has 29 heavy (non-hydrogen) atoms. The number of methoxy groups -OCH3 is 1. The number of benzene rings is 2. The van der Waals surface area contributed by atoms with Gasteiger partial charge < -0.3 is 20.1 Å². The first kappa shape index (κ1) is 21.1. The van der Waals surface area contributed by atoms with E-state index in [-0.39, 0.29) is 11.2 Å². The summed E-state index contributed by atoms with van der Waals surface area (Å²) in [5.41, 5.74) is 2.92. The molecule has 1 aliphatic heterocycles. The van der Waals surface area contributed by atoms with E-state index in [2.05, 4.69) is 27.8 Å². The van der Waals surface area contributed by atoms with Gasteiger partial charge in [-0.2, -0.15) is 0 Å². The Morgan fingerprint density at radius 2 is 1.86 bits per heavy atom. The van der Waals surface area contributed by atoms with Gasteiger partial charge in [0, 0.05) is 38.8 Å². The largest absolute Gasteiger partial charge is 0.497 e. The van der Waals surface area contributed by atoms with Crippen LogP contribution in [0.4, 0.5) is 4.39 Å². The van der Waals surface area contributed by atoms with Gasteiger partial charge in [0.25, 0.3) is 0 Å². The van der Waals surface area contributed by atoms with Gasteiger partial charge in [0.05, 0.1) is 7.11 Å². The summed E-state index contributed by atoms with van der Waals surface area (Å²) in [7, 11) is 3.44. The first-order valence-electron chi connectivity index (χ1n) is 9.98. The Labute approximate surface area is 172 Å². The van der Waals surface area contributed by atoms with Crippen LogP contribution in [0, 0.1) is 12.7 Å². The van der Waals surface area contributed by atoms with Crippen LogP contribution in [0.15, 0.2) is 47.5 Å². The van der Waals surface area contributed by atoms with Crippen LogP contribution in [-0.2, 0) is 16.7 Å². The summed E-state index contributed by atoms with van der Waals surface area (Å²) >= 11 is 0. The number of hydrogen-bond acceptors (Lipinski definition) is 3. The second kappa shape index (κ2) is 9.74. The normalized spacial score (nSPS) is 16.3. The van der Waals surface area contributed by atoms with Gasteiger partial charge in [-0.05, 0) is 54.7 Å². The van der Waals surface area contributed by atoms with Crippen LogP contribution in [0.3, 0.4) is 0 Å². The molecule has 1 aliphatic rings. The molecule has 1 fully saturated rings. The number of rotatable bonds is 6. The summed E-state index contributed by atoms with van der Waals surface area (Å²) in [5, 5.41) is 6.81. The van der Waals surface area contributed by atoms with E-state index >= 15 is 0 Å². The summed E-state index contributed by atoms with van der Waals surface area (Å²) in [6.45, 7) is 4.60. The number of ether oxygens (including phenoxy) is 2. The maximum absolute atomic E-state index is 13.5. The molecule has 6 heteroatoms. The third-order valence-corrected chi connectivity index (χ3v) is 5.65. The first-order valence-corrected chi connectivity index (χ1v) is 9.98. The lowest BCUT2D eigenvalue weighted by atomic mass is 9.74. The third kappa shape index (κ3) is 5.26. The van der Waals surface area contributed by atoms with Gasteiger partial charge in [0.1, 0.15) is 11.6 Å². The highest BCUT2D eigenvalue weighted by Gasteiger charge is 2.34. The minimum atomic E-state index is -0.183. The number of nitrogens with one attached hydrogen (secondary N) is 2. The Bertz CT molecular complexity index is 831. The lowest BCUT2D eigenvalue weighted by Crippen LogP contribution is -2.47. The number of guanidine groups is 1. The van der Waals surface area contributed by atoms with E-state index in [0.29, 0.717) is 12.1 Å². The quantitative estimate of drug-likeness (QED) is 0.576. The Morgan fingerprint density at radius 3 is 2.48 bits per heavy atom. The molecule has 0 spiro atoms. The van der Waals surface area contributed by atoms with Crippen molar-refractivity contribution in [3.63, 3.8) is 0 Å². The number of hydrogen-bond donors (Lipinski definition) is 2. The van der Waals surface area contributed by atoms with Gasteiger partial charge in [-0.25, -0.2) is 4.39 Å². The van der Waals surface area contributed by atoms with Crippen LogP contribution in [0.5, 0.6) is 5.75 Å². The van der Waals surface area contributed by atoms with Crippen molar-refractivity contribution in [1.29, 1.82) is 0 Å². The Morgan fingerprint density at radius 1 is 1.14 bits per heavy atom. The molecule has 0 aliphatic carbocycles. The second-order valence-corrected chi connectivity index (χ2v) is 7.48. The van der Waals surface area contributed by atoms with Crippen LogP contribution in [0.1, 0.15) is 29.5 Å². The first-order chi connectivity index (χ1) is 14.1. The summed E-state index contributed by atoms with van der Waals surface area (Å²) in [5.74, 6) is 1.40. The standard InChI is InChI=1S/C23H30FN3O2/c1-17-14-18(4-9-21(17)24)15-26-22(25-2)27-16-23(10-12-29-13-11-23)19-5-7-20(28-3)8-6-19/h4-9,14H,10-13,15-16H2,1-3H3,(H2,25,26,27). The zero-order valence-electron chi connectivity index (χ0n) is 17.4. The Balaban J connectivity index is 1.66. The van der Waals surface area contributed by atoms with Crippen LogP contribution in [-0.4, -0.2) is 39.9 Å². The predicted octanol–water partition coefficient (Wildman–Crippen LogP) is 3.56. The van der Waals surface area contributed by atoms with Gasteiger partial charge in [-0.15, -0.1) is 0 Å². The van der Waals surface area contributed by atoms with Crippen molar-refractivity contribution in [2.24, 2.45) is 4.99 Å². The minimum Gasteiger partial charge on any atom is -0.497 e. The maximum Gasteiger partial charge on any atom is 0.191 e. The predicted molar refractivity (Wildman–Crippen MR) is 114 cm³/mol. The van der Waals surface area contributed by atoms with E-state index in [1.807, 2.05) is 18.2 Å². The van der Waals surface area contributed by atoms with Crippen molar-refractivity contribution in [3.8, 4) is 5.75 Å². The van der Waals surface area contributed by atoms with E-state index in [0.717, 1.165) is 49.9 Å². The Kier molecular flexibility index (Phi) is 7.09. The molecule has 0 aromatic heterocycles. The lowest BCUT2D eigenvalue weighted by Gasteiger charge is -2.38. The monoisotopic (exact) mass is 399 g/mol. The molecule has 2 aromatic carbocycles. The van der Waals surface area contributed by atoms with Crippen LogP contribution < -0.4 is 15.4 Å². The van der Waals surface area contributed by atoms with E-state index in [9.17, 15) is 4.39 Å². The molecule has 2 N–H and O–H groups in total. The SMILES string of the molecule is CN=C(NCc1ccc(F)c(C)c1)NCC1(c2ccc(OC)cc2)CCOCC1. The van der Waals surface area contributed by atoms with Crippen molar-refractivity contribution in [1.82, 2.24) is 10.6 Å². The fourth-order valence-electron chi connectivity index (χ4n) is 3.75. The van der Waals surface area contributed by atoms with Crippen molar-refractivity contribution in [2.45, 2.75) is 31.7 Å². The van der Waals surface area contributed by atoms with Crippen LogP contribution >= 0.6 is 0 Å². The molecule has 0 unspecified atom stereocenters. The average molecular weight is 400 g/mol. The van der Waals surface area contributed by atoms with E-state index in [1.54, 1.807) is 27.1 Å². The highest BCUT2D eigenvalue weighted by molar-refractivity contribution is 5.79. The highest BCUT2D eigenvalue weighted by Crippen LogP contribution is 2.35. The highest BCUT2D eigenvalue weighted by atomic mass is 19.1. The molecule has 0 saturated carbocycles. The summed E-state index contributed by atoms with van der Waals surface area (Å²) in [6.07, 6.45) is 1.89. The molecular formula is C23H30FN3O2. The molecule has 1 heterocycles. The summed E-state index contributed by atoms with van der Waals surface area (Å²) in [6, 6.07) is 13.5. The van der Waals surface area contributed by atoms with E-state index < -0.39 is 0 Å². The van der Waals surface area contributed by atoms with Crippen molar-refractivity contribution >= 4 is 5.96 Å². The summed E-state index contributed by atoms with van der Waals surface area (Å²) < 4.78 is 24.4. The maximum atomic E-state index is 13.5. The number of halogens is 1. The topological polar surface area (TPSA) is 54.9 Å². The average Bonchev–Trinajstić information content (AvgIpc) is 2.77. The fraction of sp³-hybridized carbons (Fsp3) is 0.435. The van der Waals surface area contributed by atoms with Gasteiger partial charge in [-0.1, -0.05) is 24.3 Å². The van der Waals surface area contributed by atoms with Gasteiger partial charge in [0.15, 0.2) is 5.96 Å². The number of aliphatic imine (C=N–C) groups is 1. The van der Waals surface area contributed by atoms with Crippen LogP contribution in [0.25, 0.3) is 0 Å². The van der Waals surface area contributed by atoms with Crippen molar-refractivity contribution in [2.75, 3.05) is 33.9 Å². The molecular weight excluding hydrogens is 369 g/mol. The molecule has 5 nitrogen and oxygen atoms in total. The second-order valence-electron chi connectivity index (χ2n) is 7.48. The molecule has 2 aromatic rings. The molecule has 0 radical (unpaired) electrons. The van der Waals surface area contributed by atoms with Crippen molar-refractivity contribution in [3.05, 3.63) is 65.0 Å². The minimum absolute atomic E-state index is 0.0192. The number of aryl methyl sites for hydroxylation is 1. The van der Waals surface area contributed by atoms with Gasteiger partial charge >= 0.3 is 0 Å². The van der Waals surface area contributed by atoms with Gasteiger partial charge in [0.2, 0.25) is 0 Å². The fourth-order valence-corrected chi connectivity index (χ4v) is 3.75. The van der Waals surface area contributed by atoms with Crippen LogP contribution in [0.2, 0.25) is 0 Å². The van der Waals surface area contributed by atoms with Crippen molar-refractivity contribution < 1.29 is 13.9 Å². The van der Waals surface area contributed by atoms with E-state index in [1.165, 1.54) is 11.6 Å². The smallest absolute Gasteiger partial charge is 0.191 e. The molecule has 1 saturated heterocycles. The zero-order chi connectivity index (χ0) is 20.7. The van der Waals surface area contributed by atoms with Gasteiger partial charge in [-0.3, -0.25) is 4.99 Å². The molecule has 156 valence electrons. The molecule has 0 bridgehead atoms. The zero-order valence-corrected chi connectivity index (χ0v) is 17.4. The molecule has 0 atom stereocenters. The Hall–Kier alpha value is -2.60. The molecule has 3 rings (SSSR count). The molecule has 0 amide bonds. The third-order valence-electron chi connectivity index (χ3n) is 5.65. The van der Waals surface area contributed by atoms with E-state index in [4.69, 9.17) is 9.47 Å². The summed E-state index contributed by atoms with van der Waals surface area (Å²) in [4.78, 5) is 4.35.